The summed E-state index contributed by atoms with van der Waals surface area (Å²) in [5.74, 6) is 0. The molecule has 2 unspecified atom stereocenters. The summed E-state index contributed by atoms with van der Waals surface area (Å²) in [7, 11) is -2.03. The van der Waals surface area contributed by atoms with Crippen molar-refractivity contribution in [3.05, 3.63) is 0 Å². The van der Waals surface area contributed by atoms with Gasteiger partial charge in [0.1, 0.15) is 5.04 Å². The quantitative estimate of drug-likeness (QED) is 0.622. The molecule has 0 saturated carbocycles. The molecule has 2 atom stereocenters. The Morgan fingerprint density at radius 3 is 2.67 bits per heavy atom. The lowest BCUT2D eigenvalue weighted by molar-refractivity contribution is -0.128. The van der Waals surface area contributed by atoms with E-state index in [1.54, 1.807) is 0 Å². The van der Waals surface area contributed by atoms with Crippen LogP contribution in [-0.4, -0.2) is 27.2 Å². The Morgan fingerprint density at radius 1 is 1.67 bits per heavy atom. The first-order chi connectivity index (χ1) is 5.43. The van der Waals surface area contributed by atoms with Crippen LogP contribution in [0.2, 0.25) is 0 Å². The van der Waals surface area contributed by atoms with Crippen LogP contribution in [0.4, 0.5) is 13.2 Å². The fourth-order valence-corrected chi connectivity index (χ4v) is 1.84. The summed E-state index contributed by atoms with van der Waals surface area (Å²) in [6.45, 7) is 0.897. The van der Waals surface area contributed by atoms with E-state index in [-0.39, 0.29) is 5.04 Å². The van der Waals surface area contributed by atoms with Crippen molar-refractivity contribution in [1.82, 2.24) is 5.43 Å². The van der Waals surface area contributed by atoms with E-state index >= 15 is 0 Å². The Balaban J connectivity index is 2.83. The molecule has 1 aliphatic rings. The van der Waals surface area contributed by atoms with E-state index in [2.05, 4.69) is 10.5 Å². The molecule has 1 rings (SSSR count). The van der Waals surface area contributed by atoms with Gasteiger partial charge in [-0.2, -0.15) is 18.3 Å². The highest BCUT2D eigenvalue weighted by Crippen LogP contribution is 2.25. The minimum atomic E-state index is -4.42. The summed E-state index contributed by atoms with van der Waals surface area (Å²) >= 11 is 0. The fourth-order valence-electron chi connectivity index (χ4n) is 0.804. The molecule has 7 heteroatoms. The third-order valence-electron chi connectivity index (χ3n) is 1.43. The van der Waals surface area contributed by atoms with Gasteiger partial charge in [0.05, 0.1) is 17.3 Å². The molecule has 0 aromatic rings. The highest BCUT2D eigenvalue weighted by molar-refractivity contribution is 8.01. The summed E-state index contributed by atoms with van der Waals surface area (Å²) in [6.07, 6.45) is -4.42. The maximum Gasteiger partial charge on any atom is 0.405 e. The van der Waals surface area contributed by atoms with Crippen molar-refractivity contribution < 1.29 is 17.4 Å². The minimum Gasteiger partial charge on any atom is -0.308 e. The van der Waals surface area contributed by atoms with Gasteiger partial charge in [-0.05, 0) is 6.92 Å². The number of nitrogens with zero attached hydrogens (tertiary/aromatic N) is 1. The summed E-state index contributed by atoms with van der Waals surface area (Å²) in [4.78, 5) is 0. The van der Waals surface area contributed by atoms with Gasteiger partial charge in [-0.1, -0.05) is 0 Å². The SMILES string of the molecule is CC1=NNCC(C(F)(F)F)S1=O. The third-order valence-corrected chi connectivity index (χ3v) is 3.05. The molecule has 12 heavy (non-hydrogen) atoms. The topological polar surface area (TPSA) is 41.5 Å². The van der Waals surface area contributed by atoms with Crippen LogP contribution >= 0.6 is 0 Å². The molecule has 0 aromatic heterocycles. The van der Waals surface area contributed by atoms with Crippen LogP contribution in [0, 0.1) is 0 Å². The zero-order valence-corrected chi connectivity index (χ0v) is 7.00. The van der Waals surface area contributed by atoms with Gasteiger partial charge >= 0.3 is 6.18 Å². The standard InChI is InChI=1S/C5H7F3N2OS/c1-3-10-9-2-4(12(3)11)5(6,7)8/h4,9H,2H2,1H3. The lowest BCUT2D eigenvalue weighted by atomic mass is 10.4. The molecule has 0 bridgehead atoms. The average Bonchev–Trinajstić information content (AvgIpc) is 1.92. The van der Waals surface area contributed by atoms with Gasteiger partial charge in [-0.25, -0.2) is 0 Å². The number of hydrogen-bond donors (Lipinski definition) is 1. The first-order valence-electron chi connectivity index (χ1n) is 3.17. The van der Waals surface area contributed by atoms with E-state index in [9.17, 15) is 17.4 Å². The van der Waals surface area contributed by atoms with Crippen LogP contribution in [0.3, 0.4) is 0 Å². The van der Waals surface area contributed by atoms with Gasteiger partial charge in [-0.3, -0.25) is 4.21 Å². The van der Waals surface area contributed by atoms with Gasteiger partial charge in [-0.15, -0.1) is 0 Å². The van der Waals surface area contributed by atoms with E-state index in [4.69, 9.17) is 0 Å². The largest absolute Gasteiger partial charge is 0.405 e. The monoisotopic (exact) mass is 200 g/mol. The average molecular weight is 200 g/mol. The molecule has 0 saturated heterocycles. The fraction of sp³-hybridized carbons (Fsp3) is 0.800. The zero-order chi connectivity index (χ0) is 9.35. The Kier molecular flexibility index (Phi) is 2.41. The Hall–Kier alpha value is -0.590. The molecule has 0 spiro atoms. The summed E-state index contributed by atoms with van der Waals surface area (Å²) in [6, 6.07) is 0. The molecule has 1 heterocycles. The lowest BCUT2D eigenvalue weighted by Gasteiger charge is -2.22. The number of halogens is 3. The van der Waals surface area contributed by atoms with Crippen LogP contribution in [-0.2, 0) is 10.8 Å². The Bertz CT molecular complexity index is 237. The number of alkyl halides is 3. The van der Waals surface area contributed by atoms with Crippen LogP contribution in [0.15, 0.2) is 5.10 Å². The molecule has 1 aliphatic heterocycles. The Morgan fingerprint density at radius 2 is 2.25 bits per heavy atom. The van der Waals surface area contributed by atoms with Crippen LogP contribution in [0.1, 0.15) is 6.92 Å². The number of rotatable bonds is 0. The van der Waals surface area contributed by atoms with Crippen molar-refractivity contribution in [2.24, 2.45) is 5.10 Å². The summed E-state index contributed by atoms with van der Waals surface area (Å²) < 4.78 is 47.2. The molecular formula is C5H7F3N2OS. The van der Waals surface area contributed by atoms with Crippen LogP contribution in [0.25, 0.3) is 0 Å². The van der Waals surface area contributed by atoms with Crippen molar-refractivity contribution in [3.8, 4) is 0 Å². The van der Waals surface area contributed by atoms with E-state index in [0.717, 1.165) is 0 Å². The number of hydrazone groups is 1. The van der Waals surface area contributed by atoms with E-state index in [1.807, 2.05) is 0 Å². The number of nitrogens with one attached hydrogen (secondary N) is 1. The third kappa shape index (κ3) is 1.77. The molecule has 0 aliphatic carbocycles. The lowest BCUT2D eigenvalue weighted by Crippen LogP contribution is -2.45. The van der Waals surface area contributed by atoms with E-state index in [1.165, 1.54) is 6.92 Å². The van der Waals surface area contributed by atoms with Gasteiger partial charge in [0.2, 0.25) is 0 Å². The highest BCUT2D eigenvalue weighted by atomic mass is 32.2. The van der Waals surface area contributed by atoms with Crippen LogP contribution in [0.5, 0.6) is 0 Å². The second-order valence-electron chi connectivity index (χ2n) is 2.32. The van der Waals surface area contributed by atoms with Gasteiger partial charge in [0.15, 0.2) is 5.25 Å². The van der Waals surface area contributed by atoms with Crippen molar-refractivity contribution in [3.63, 3.8) is 0 Å². The van der Waals surface area contributed by atoms with Gasteiger partial charge in [0, 0.05) is 0 Å². The number of hydrogen-bond acceptors (Lipinski definition) is 3. The molecule has 0 amide bonds. The summed E-state index contributed by atoms with van der Waals surface area (Å²) in [5, 5.41) is 1.61. The van der Waals surface area contributed by atoms with Crippen molar-refractivity contribution in [2.75, 3.05) is 6.54 Å². The second-order valence-corrected chi connectivity index (χ2v) is 4.08. The zero-order valence-electron chi connectivity index (χ0n) is 6.18. The Labute approximate surface area is 69.5 Å². The van der Waals surface area contributed by atoms with Gasteiger partial charge in [0.25, 0.3) is 0 Å². The van der Waals surface area contributed by atoms with E-state index in [0.29, 0.717) is 0 Å². The molecule has 0 fully saturated rings. The molecule has 3 nitrogen and oxygen atoms in total. The molecular weight excluding hydrogens is 193 g/mol. The van der Waals surface area contributed by atoms with Crippen molar-refractivity contribution >= 4 is 15.8 Å². The van der Waals surface area contributed by atoms with Crippen molar-refractivity contribution in [2.45, 2.75) is 18.3 Å². The van der Waals surface area contributed by atoms with Crippen molar-refractivity contribution in [1.29, 1.82) is 0 Å². The van der Waals surface area contributed by atoms with Gasteiger partial charge < -0.3 is 5.43 Å². The molecule has 0 aromatic carbocycles. The molecule has 1 N–H and O–H groups in total. The normalized spacial score (nSPS) is 30.8. The first kappa shape index (κ1) is 9.50. The summed E-state index contributed by atoms with van der Waals surface area (Å²) in [5.41, 5.74) is 2.20. The smallest absolute Gasteiger partial charge is 0.308 e. The second kappa shape index (κ2) is 3.04. The predicted octanol–water partition coefficient (Wildman–Crippen LogP) is 0.603. The highest BCUT2D eigenvalue weighted by Gasteiger charge is 2.45. The minimum absolute atomic E-state index is 0.0106. The van der Waals surface area contributed by atoms with E-state index < -0.39 is 28.8 Å². The van der Waals surface area contributed by atoms with Crippen LogP contribution < -0.4 is 5.43 Å². The first-order valence-corrected chi connectivity index (χ1v) is 4.38. The molecule has 0 radical (unpaired) electrons. The maximum absolute atomic E-state index is 12.1. The maximum atomic E-state index is 12.1. The molecule has 70 valence electrons. The predicted molar refractivity (Wildman–Crippen MR) is 39.1 cm³/mol.